The summed E-state index contributed by atoms with van der Waals surface area (Å²) < 4.78 is 68.3. The van der Waals surface area contributed by atoms with E-state index in [0.29, 0.717) is 31.6 Å². The monoisotopic (exact) mass is 1310 g/mol. The summed E-state index contributed by atoms with van der Waals surface area (Å²) in [5.41, 5.74) is 0. The SMILES string of the molecule is CCC(C)CCCCCCCCCCC(=O)O[C@H](COC(=O)CCCCCCCCCCCCCCC(C)C)COP(=O)(O)OC[C@@H](O)COP(=O)(O)OC[C@@H](COC(=O)CCCCCCCCC(C)C)OC(=O)CCCCCCCCCCCCC(C)C. The first kappa shape index (κ1) is 87.1. The molecule has 6 atom stereocenters. The molecule has 0 aliphatic carbocycles. The number of unbranched alkanes of at least 4 members (excludes halogenated alkanes) is 32. The van der Waals surface area contributed by atoms with Crippen LogP contribution in [0.25, 0.3) is 0 Å². The molecule has 0 aromatic carbocycles. The van der Waals surface area contributed by atoms with Crippen molar-refractivity contribution in [2.75, 3.05) is 39.6 Å². The molecule has 0 fully saturated rings. The van der Waals surface area contributed by atoms with Gasteiger partial charge >= 0.3 is 39.5 Å². The summed E-state index contributed by atoms with van der Waals surface area (Å²) >= 11 is 0. The van der Waals surface area contributed by atoms with E-state index in [1.54, 1.807) is 0 Å². The van der Waals surface area contributed by atoms with Crippen LogP contribution in [0.5, 0.6) is 0 Å². The lowest BCUT2D eigenvalue weighted by Gasteiger charge is -2.21. The van der Waals surface area contributed by atoms with Gasteiger partial charge in [0.2, 0.25) is 0 Å². The highest BCUT2D eigenvalue weighted by Crippen LogP contribution is 2.45. The zero-order valence-electron chi connectivity index (χ0n) is 58.1. The van der Waals surface area contributed by atoms with Crippen LogP contribution in [0.1, 0.15) is 344 Å². The summed E-state index contributed by atoms with van der Waals surface area (Å²) in [4.78, 5) is 72.5. The first-order chi connectivity index (χ1) is 42.6. The first-order valence-electron chi connectivity index (χ1n) is 36.2. The van der Waals surface area contributed by atoms with Crippen LogP contribution in [0.15, 0.2) is 0 Å². The van der Waals surface area contributed by atoms with E-state index >= 15 is 0 Å². The number of carbonyl (C=O) groups excluding carboxylic acids is 4. The molecule has 0 rings (SSSR count). The predicted molar refractivity (Wildman–Crippen MR) is 358 cm³/mol. The summed E-state index contributed by atoms with van der Waals surface area (Å²) in [5, 5.41) is 10.6. The quantitative estimate of drug-likeness (QED) is 0.0222. The van der Waals surface area contributed by atoms with Crippen molar-refractivity contribution in [3.05, 3.63) is 0 Å². The second kappa shape index (κ2) is 59.8. The standard InChI is InChI=1S/C70H136O17P2/c1-9-63(8)49-41-33-24-20-21-27-37-45-53-70(75)87-65(56-80-67(72)50-42-34-25-18-13-11-10-12-16-22-30-38-46-60(2)3)58-84-88(76,77)82-54-64(71)55-83-89(78,79)85-59-66(57-81-68(73)51-43-35-29-28-32-40-48-62(6)7)86-69(74)52-44-36-26-19-15-14-17-23-31-39-47-61(4)5/h60-66,71H,9-59H2,1-8H3,(H,76,77)(H,78,79)/t63?,64-,65-,66-/m1/s1. The van der Waals surface area contributed by atoms with E-state index in [0.717, 1.165) is 114 Å². The van der Waals surface area contributed by atoms with Crippen LogP contribution in [0, 0.1) is 23.7 Å². The van der Waals surface area contributed by atoms with Gasteiger partial charge in [0, 0.05) is 25.7 Å². The van der Waals surface area contributed by atoms with Crippen molar-refractivity contribution in [3.8, 4) is 0 Å². The molecule has 0 aliphatic heterocycles. The fourth-order valence-corrected chi connectivity index (χ4v) is 12.0. The Morgan fingerprint density at radius 2 is 0.539 bits per heavy atom. The van der Waals surface area contributed by atoms with Crippen LogP contribution in [-0.4, -0.2) is 96.7 Å². The van der Waals surface area contributed by atoms with E-state index in [4.69, 9.17) is 37.0 Å². The topological polar surface area (TPSA) is 237 Å². The zero-order chi connectivity index (χ0) is 66.1. The van der Waals surface area contributed by atoms with Crippen LogP contribution in [0.2, 0.25) is 0 Å². The second-order valence-electron chi connectivity index (χ2n) is 26.9. The molecule has 0 aromatic heterocycles. The van der Waals surface area contributed by atoms with E-state index in [1.807, 2.05) is 0 Å². The van der Waals surface area contributed by atoms with Crippen molar-refractivity contribution in [2.45, 2.75) is 363 Å². The van der Waals surface area contributed by atoms with Gasteiger partial charge in [-0.25, -0.2) is 9.13 Å². The number of aliphatic hydroxyl groups excluding tert-OH is 1. The Morgan fingerprint density at radius 1 is 0.315 bits per heavy atom. The second-order valence-corrected chi connectivity index (χ2v) is 29.8. The number of ether oxygens (including phenoxy) is 4. The van der Waals surface area contributed by atoms with E-state index in [9.17, 15) is 43.2 Å². The van der Waals surface area contributed by atoms with E-state index in [2.05, 4.69) is 55.4 Å². The molecule has 0 spiro atoms. The van der Waals surface area contributed by atoms with Crippen molar-refractivity contribution in [1.82, 2.24) is 0 Å². The molecule has 528 valence electrons. The Labute approximate surface area is 543 Å². The van der Waals surface area contributed by atoms with Gasteiger partial charge in [0.25, 0.3) is 0 Å². The Bertz CT molecular complexity index is 1770. The largest absolute Gasteiger partial charge is 0.472 e. The average molecular weight is 1310 g/mol. The number of phosphoric acid groups is 2. The van der Waals surface area contributed by atoms with Gasteiger partial charge in [0.05, 0.1) is 26.4 Å². The number of aliphatic hydroxyl groups is 1. The maximum atomic E-state index is 13.0. The summed E-state index contributed by atoms with van der Waals surface area (Å²) in [6.45, 7) is 14.1. The number of carbonyl (C=O) groups is 4. The Kier molecular flexibility index (Phi) is 58.5. The maximum absolute atomic E-state index is 13.0. The molecule has 0 saturated carbocycles. The van der Waals surface area contributed by atoms with Gasteiger partial charge in [0.15, 0.2) is 12.2 Å². The minimum atomic E-state index is -4.95. The van der Waals surface area contributed by atoms with Gasteiger partial charge in [0.1, 0.15) is 19.3 Å². The maximum Gasteiger partial charge on any atom is 0.472 e. The average Bonchev–Trinajstić information content (AvgIpc) is 3.67. The van der Waals surface area contributed by atoms with Crippen LogP contribution in [-0.2, 0) is 65.4 Å². The molecule has 0 amide bonds. The van der Waals surface area contributed by atoms with Crippen molar-refractivity contribution in [3.63, 3.8) is 0 Å². The molecule has 0 aromatic rings. The van der Waals surface area contributed by atoms with Crippen molar-refractivity contribution in [2.24, 2.45) is 23.7 Å². The lowest BCUT2D eigenvalue weighted by atomic mass is 9.99. The van der Waals surface area contributed by atoms with E-state index in [1.165, 1.54) is 141 Å². The molecule has 17 nitrogen and oxygen atoms in total. The molecule has 0 bridgehead atoms. The molecule has 0 aliphatic rings. The number of esters is 4. The van der Waals surface area contributed by atoms with Crippen LogP contribution < -0.4 is 0 Å². The number of hydrogen-bond acceptors (Lipinski definition) is 15. The van der Waals surface area contributed by atoms with Gasteiger partial charge in [-0.3, -0.25) is 37.3 Å². The molecule has 0 radical (unpaired) electrons. The van der Waals surface area contributed by atoms with Crippen LogP contribution in [0.4, 0.5) is 0 Å². The number of phosphoric ester groups is 2. The van der Waals surface area contributed by atoms with Gasteiger partial charge in [-0.1, -0.05) is 293 Å². The molecule has 3 N–H and O–H groups in total. The molecule has 89 heavy (non-hydrogen) atoms. The number of hydrogen-bond donors (Lipinski definition) is 3. The lowest BCUT2D eigenvalue weighted by molar-refractivity contribution is -0.161. The van der Waals surface area contributed by atoms with Crippen LogP contribution in [0.3, 0.4) is 0 Å². The van der Waals surface area contributed by atoms with Gasteiger partial charge in [-0.15, -0.1) is 0 Å². The first-order valence-corrected chi connectivity index (χ1v) is 39.2. The van der Waals surface area contributed by atoms with Crippen molar-refractivity contribution >= 4 is 39.5 Å². The predicted octanol–water partition coefficient (Wildman–Crippen LogP) is 19.7. The lowest BCUT2D eigenvalue weighted by Crippen LogP contribution is -2.30. The fourth-order valence-electron chi connectivity index (χ4n) is 10.5. The molecule has 0 heterocycles. The molecule has 19 heteroatoms. The molecular weight excluding hydrogens is 1170 g/mol. The summed E-state index contributed by atoms with van der Waals surface area (Å²) in [7, 11) is -9.90. The summed E-state index contributed by atoms with van der Waals surface area (Å²) in [5.74, 6) is 0.851. The van der Waals surface area contributed by atoms with Crippen molar-refractivity contribution < 1.29 is 80.2 Å². The third kappa shape index (κ3) is 63.2. The van der Waals surface area contributed by atoms with Gasteiger partial charge in [-0.2, -0.15) is 0 Å². The normalized spacial score (nSPS) is 14.6. The highest BCUT2D eigenvalue weighted by atomic mass is 31.2. The minimum Gasteiger partial charge on any atom is -0.462 e. The smallest absolute Gasteiger partial charge is 0.462 e. The van der Waals surface area contributed by atoms with E-state index in [-0.39, 0.29) is 25.7 Å². The molecular formula is C70H136O17P2. The zero-order valence-corrected chi connectivity index (χ0v) is 59.8. The third-order valence-electron chi connectivity index (χ3n) is 16.4. The fraction of sp³-hybridized carbons (Fsp3) is 0.943. The highest BCUT2D eigenvalue weighted by Gasteiger charge is 2.30. The van der Waals surface area contributed by atoms with Crippen LogP contribution >= 0.6 is 15.6 Å². The molecule has 3 unspecified atom stereocenters. The Balaban J connectivity index is 5.25. The van der Waals surface area contributed by atoms with Gasteiger partial charge < -0.3 is 33.8 Å². The van der Waals surface area contributed by atoms with E-state index < -0.39 is 97.5 Å². The van der Waals surface area contributed by atoms with Gasteiger partial charge in [-0.05, 0) is 49.4 Å². The Morgan fingerprint density at radius 3 is 0.798 bits per heavy atom. The van der Waals surface area contributed by atoms with Crippen molar-refractivity contribution in [1.29, 1.82) is 0 Å². The number of rotatable bonds is 67. The highest BCUT2D eigenvalue weighted by molar-refractivity contribution is 7.47. The molecule has 0 saturated heterocycles. The summed E-state index contributed by atoms with van der Waals surface area (Å²) in [6.07, 6.45) is 41.8. The third-order valence-corrected chi connectivity index (χ3v) is 18.3. The summed E-state index contributed by atoms with van der Waals surface area (Å²) in [6, 6.07) is 0. The Hall–Kier alpha value is -1.94. The minimum absolute atomic E-state index is 0.104.